The maximum atomic E-state index is 12.2. The minimum atomic E-state index is -0.0638. The van der Waals surface area contributed by atoms with Gasteiger partial charge in [0.05, 0.1) is 29.3 Å². The molecule has 0 unspecified atom stereocenters. The van der Waals surface area contributed by atoms with Crippen LogP contribution < -0.4 is 0 Å². The number of aliphatic hydroxyl groups is 1. The van der Waals surface area contributed by atoms with Crippen molar-refractivity contribution in [1.29, 1.82) is 0 Å². The van der Waals surface area contributed by atoms with Gasteiger partial charge < -0.3 is 5.11 Å². The second kappa shape index (κ2) is 8.19. The molecule has 7 heteroatoms. The molecule has 3 rings (SSSR count). The molecule has 1 N–H and O–H groups in total. The number of nitrogens with zero attached hydrogens (tertiary/aromatic N) is 2. The highest BCUT2D eigenvalue weighted by molar-refractivity contribution is 7.16. The van der Waals surface area contributed by atoms with Crippen molar-refractivity contribution in [3.8, 4) is 10.6 Å². The minimum Gasteiger partial charge on any atom is -0.389 e. The molecule has 0 saturated heterocycles. The maximum absolute atomic E-state index is 12.2. The van der Waals surface area contributed by atoms with Gasteiger partial charge in [-0.15, -0.1) is 22.7 Å². The highest BCUT2D eigenvalue weighted by atomic mass is 35.5. The molecule has 0 spiro atoms. The third kappa shape index (κ3) is 4.73. The zero-order chi connectivity index (χ0) is 17.8. The number of carbonyl (C=O) groups excluding carboxylic acids is 1. The van der Waals surface area contributed by atoms with Crippen LogP contribution in [0.3, 0.4) is 0 Å². The average Bonchev–Trinajstić information content (AvgIpc) is 3.20. The molecule has 0 aliphatic heterocycles. The summed E-state index contributed by atoms with van der Waals surface area (Å²) in [6.45, 7) is 1.84. The Kier molecular flexibility index (Phi) is 5.96. The van der Waals surface area contributed by atoms with Crippen LogP contribution in [-0.2, 0) is 24.2 Å². The Bertz CT molecular complexity index is 872. The van der Waals surface area contributed by atoms with E-state index in [1.807, 2.05) is 36.6 Å². The molecule has 0 saturated carbocycles. The van der Waals surface area contributed by atoms with Gasteiger partial charge in [0.25, 0.3) is 0 Å². The van der Waals surface area contributed by atoms with Crippen LogP contribution in [0.15, 0.2) is 29.6 Å². The summed E-state index contributed by atoms with van der Waals surface area (Å²) in [5.41, 5.74) is 2.80. The van der Waals surface area contributed by atoms with Gasteiger partial charge in [0, 0.05) is 16.8 Å². The molecule has 0 radical (unpaired) electrons. The standard InChI is InChI=1S/C18H17ClN2O2S2/c1-11-18(25-17(9-22)20-11)15-10-24-16(21-15)8-14(23)7-4-12-2-5-13(19)6-3-12/h2-3,5-6,10,22H,4,7-9H2,1H3. The van der Waals surface area contributed by atoms with Crippen molar-refractivity contribution in [3.05, 3.63) is 55.9 Å². The Morgan fingerprint density at radius 3 is 2.64 bits per heavy atom. The number of aromatic nitrogens is 2. The fourth-order valence-electron chi connectivity index (χ4n) is 2.45. The molecule has 130 valence electrons. The monoisotopic (exact) mass is 392 g/mol. The fraction of sp³-hybridized carbons (Fsp3) is 0.278. The van der Waals surface area contributed by atoms with Gasteiger partial charge in [-0.2, -0.15) is 0 Å². The van der Waals surface area contributed by atoms with Crippen LogP contribution in [0.1, 0.15) is 27.7 Å². The molecule has 0 amide bonds. The van der Waals surface area contributed by atoms with Crippen molar-refractivity contribution >= 4 is 40.1 Å². The van der Waals surface area contributed by atoms with Crippen LogP contribution in [0.4, 0.5) is 0 Å². The smallest absolute Gasteiger partial charge is 0.140 e. The molecular weight excluding hydrogens is 376 g/mol. The first-order valence-corrected chi connectivity index (χ1v) is 9.90. The summed E-state index contributed by atoms with van der Waals surface area (Å²) in [7, 11) is 0. The van der Waals surface area contributed by atoms with Crippen LogP contribution in [0.5, 0.6) is 0 Å². The Morgan fingerprint density at radius 2 is 1.96 bits per heavy atom. The van der Waals surface area contributed by atoms with Crippen molar-refractivity contribution in [2.24, 2.45) is 0 Å². The van der Waals surface area contributed by atoms with Crippen LogP contribution >= 0.6 is 34.3 Å². The van der Waals surface area contributed by atoms with E-state index in [9.17, 15) is 9.90 Å². The lowest BCUT2D eigenvalue weighted by molar-refractivity contribution is -0.118. The third-order valence-electron chi connectivity index (χ3n) is 3.71. The molecule has 3 aromatic rings. The molecule has 0 fully saturated rings. The summed E-state index contributed by atoms with van der Waals surface area (Å²) < 4.78 is 0. The number of rotatable bonds is 7. The van der Waals surface area contributed by atoms with Crippen LogP contribution in [0, 0.1) is 6.92 Å². The second-order valence-electron chi connectivity index (χ2n) is 5.65. The number of hydrogen-bond donors (Lipinski definition) is 1. The molecule has 0 aliphatic carbocycles. The Labute approximate surface area is 159 Å². The van der Waals surface area contributed by atoms with Crippen molar-refractivity contribution in [2.45, 2.75) is 32.8 Å². The number of aliphatic hydroxyl groups excluding tert-OH is 1. The van der Waals surface area contributed by atoms with Gasteiger partial charge in [-0.3, -0.25) is 4.79 Å². The van der Waals surface area contributed by atoms with Crippen molar-refractivity contribution < 1.29 is 9.90 Å². The number of carbonyl (C=O) groups is 1. The zero-order valence-corrected chi connectivity index (χ0v) is 16.0. The van der Waals surface area contributed by atoms with E-state index in [0.717, 1.165) is 26.8 Å². The van der Waals surface area contributed by atoms with Gasteiger partial charge in [0.1, 0.15) is 15.8 Å². The quantitative estimate of drug-likeness (QED) is 0.644. The lowest BCUT2D eigenvalue weighted by atomic mass is 10.1. The number of aryl methyl sites for hydroxylation is 2. The van der Waals surface area contributed by atoms with E-state index >= 15 is 0 Å². The molecule has 0 aliphatic rings. The van der Waals surface area contributed by atoms with Crippen LogP contribution in [0.2, 0.25) is 5.02 Å². The molecule has 2 heterocycles. The molecule has 0 bridgehead atoms. The SMILES string of the molecule is Cc1nc(CO)sc1-c1csc(CC(=O)CCc2ccc(Cl)cc2)n1. The molecule has 0 atom stereocenters. The van der Waals surface area contributed by atoms with E-state index < -0.39 is 0 Å². The first-order chi connectivity index (χ1) is 12.0. The van der Waals surface area contributed by atoms with E-state index in [2.05, 4.69) is 9.97 Å². The van der Waals surface area contributed by atoms with Crippen molar-refractivity contribution in [2.75, 3.05) is 0 Å². The second-order valence-corrected chi connectivity index (χ2v) is 8.11. The fourth-order valence-corrected chi connectivity index (χ4v) is 4.35. The predicted octanol–water partition coefficient (Wildman–Crippen LogP) is 4.47. The Hall–Kier alpha value is -1.60. The maximum Gasteiger partial charge on any atom is 0.140 e. The minimum absolute atomic E-state index is 0.0638. The van der Waals surface area contributed by atoms with E-state index in [1.165, 1.54) is 22.7 Å². The third-order valence-corrected chi connectivity index (χ3v) is 5.98. The van der Waals surface area contributed by atoms with Crippen LogP contribution in [-0.4, -0.2) is 20.9 Å². The number of hydrogen-bond acceptors (Lipinski definition) is 6. The number of halogens is 1. The van der Waals surface area contributed by atoms with Gasteiger partial charge in [0.2, 0.25) is 0 Å². The average molecular weight is 393 g/mol. The van der Waals surface area contributed by atoms with E-state index in [0.29, 0.717) is 29.3 Å². The number of benzene rings is 1. The number of ketones is 1. The summed E-state index contributed by atoms with van der Waals surface area (Å²) >= 11 is 8.79. The summed E-state index contributed by atoms with van der Waals surface area (Å²) in [4.78, 5) is 22.0. The summed E-state index contributed by atoms with van der Waals surface area (Å²) in [5.74, 6) is 0.174. The first kappa shape index (κ1) is 18.2. The van der Waals surface area contributed by atoms with Gasteiger partial charge in [0.15, 0.2) is 0 Å². The normalized spacial score (nSPS) is 11.0. The molecule has 25 heavy (non-hydrogen) atoms. The van der Waals surface area contributed by atoms with E-state index in [1.54, 1.807) is 0 Å². The molecule has 4 nitrogen and oxygen atoms in total. The predicted molar refractivity (Wildman–Crippen MR) is 102 cm³/mol. The van der Waals surface area contributed by atoms with Gasteiger partial charge in [-0.05, 0) is 31.0 Å². The zero-order valence-electron chi connectivity index (χ0n) is 13.7. The lowest BCUT2D eigenvalue weighted by Crippen LogP contribution is -2.04. The lowest BCUT2D eigenvalue weighted by Gasteiger charge is -2.00. The Morgan fingerprint density at radius 1 is 1.20 bits per heavy atom. The van der Waals surface area contributed by atoms with Crippen molar-refractivity contribution in [3.63, 3.8) is 0 Å². The largest absolute Gasteiger partial charge is 0.389 e. The van der Waals surface area contributed by atoms with Gasteiger partial charge >= 0.3 is 0 Å². The molecule has 1 aromatic carbocycles. The first-order valence-electron chi connectivity index (χ1n) is 7.83. The van der Waals surface area contributed by atoms with Gasteiger partial charge in [-0.1, -0.05) is 23.7 Å². The summed E-state index contributed by atoms with van der Waals surface area (Å²) in [6, 6.07) is 7.57. The topological polar surface area (TPSA) is 63.1 Å². The highest BCUT2D eigenvalue weighted by Gasteiger charge is 2.14. The van der Waals surface area contributed by atoms with Crippen molar-refractivity contribution in [1.82, 2.24) is 9.97 Å². The summed E-state index contributed by atoms with van der Waals surface area (Å²) in [6.07, 6.45) is 1.55. The number of Topliss-reactive ketones (excluding diaryl/α,β-unsaturated/α-hetero) is 1. The molecule has 2 aromatic heterocycles. The van der Waals surface area contributed by atoms with Gasteiger partial charge in [-0.25, -0.2) is 9.97 Å². The van der Waals surface area contributed by atoms with E-state index in [-0.39, 0.29) is 12.4 Å². The Balaban J connectivity index is 1.59. The highest BCUT2D eigenvalue weighted by Crippen LogP contribution is 2.31. The van der Waals surface area contributed by atoms with E-state index in [4.69, 9.17) is 11.6 Å². The molecular formula is C18H17ClN2O2S2. The summed E-state index contributed by atoms with van der Waals surface area (Å²) in [5, 5.41) is 13.3. The van der Waals surface area contributed by atoms with Crippen LogP contribution in [0.25, 0.3) is 10.6 Å². The number of thiazole rings is 2.